The van der Waals surface area contributed by atoms with Crippen LogP contribution >= 0.6 is 0 Å². The zero-order chi connectivity index (χ0) is 18.6. The van der Waals surface area contributed by atoms with E-state index in [1.54, 1.807) is 7.11 Å². The van der Waals surface area contributed by atoms with Gasteiger partial charge in [-0.15, -0.1) is 0 Å². The average molecular weight is 368 g/mol. The summed E-state index contributed by atoms with van der Waals surface area (Å²) in [6.45, 7) is 5.12. The monoisotopic (exact) mass is 368 g/mol. The van der Waals surface area contributed by atoms with Crippen LogP contribution in [0.3, 0.4) is 0 Å². The molecule has 144 valence electrons. The predicted octanol–water partition coefficient (Wildman–Crippen LogP) is 2.02. The van der Waals surface area contributed by atoms with Crippen molar-refractivity contribution >= 4 is 5.69 Å². The minimum atomic E-state index is 0.0142. The first kappa shape index (κ1) is 18.0. The summed E-state index contributed by atoms with van der Waals surface area (Å²) in [4.78, 5) is 16.9. The minimum Gasteiger partial charge on any atom is -0.497 e. The van der Waals surface area contributed by atoms with Crippen molar-refractivity contribution in [2.75, 3.05) is 44.7 Å². The molecule has 0 atom stereocenters. The molecule has 4 rings (SSSR count). The van der Waals surface area contributed by atoms with E-state index in [2.05, 4.69) is 32.1 Å². The molecule has 2 heterocycles. The van der Waals surface area contributed by atoms with E-state index < -0.39 is 0 Å². The summed E-state index contributed by atoms with van der Waals surface area (Å²) < 4.78 is 5.34. The lowest BCUT2D eigenvalue weighted by molar-refractivity contribution is 0.259. The van der Waals surface area contributed by atoms with Crippen LogP contribution in [-0.2, 0) is 19.3 Å². The Balaban J connectivity index is 1.34. The quantitative estimate of drug-likeness (QED) is 0.875. The van der Waals surface area contributed by atoms with Crippen LogP contribution in [0.4, 0.5) is 5.69 Å². The Morgan fingerprint density at radius 2 is 1.89 bits per heavy atom. The fraction of sp³-hybridized carbons (Fsp3) is 0.524. The molecular formula is C21H28N4O2. The van der Waals surface area contributed by atoms with E-state index in [0.717, 1.165) is 75.4 Å². The first-order chi connectivity index (χ1) is 13.2. The van der Waals surface area contributed by atoms with Gasteiger partial charge in [0, 0.05) is 56.5 Å². The van der Waals surface area contributed by atoms with Crippen molar-refractivity contribution in [3.05, 3.63) is 51.4 Å². The molecule has 1 fully saturated rings. The van der Waals surface area contributed by atoms with Crippen molar-refractivity contribution in [3.8, 4) is 5.75 Å². The number of rotatable bonds is 5. The van der Waals surface area contributed by atoms with Crippen LogP contribution in [0.1, 0.15) is 29.7 Å². The van der Waals surface area contributed by atoms with Crippen LogP contribution in [0.15, 0.2) is 29.1 Å². The van der Waals surface area contributed by atoms with Gasteiger partial charge in [0.05, 0.1) is 12.8 Å². The van der Waals surface area contributed by atoms with Crippen molar-refractivity contribution in [3.63, 3.8) is 0 Å². The van der Waals surface area contributed by atoms with E-state index in [1.807, 2.05) is 12.1 Å². The molecule has 1 aliphatic heterocycles. The second-order valence-electron chi connectivity index (χ2n) is 7.44. The van der Waals surface area contributed by atoms with Gasteiger partial charge in [0.2, 0.25) is 0 Å². The molecule has 2 aliphatic rings. The summed E-state index contributed by atoms with van der Waals surface area (Å²) in [6.07, 6.45) is 5.11. The Kier molecular flexibility index (Phi) is 5.43. The lowest BCUT2D eigenvalue weighted by Gasteiger charge is -2.36. The Bertz CT molecular complexity index is 840. The summed E-state index contributed by atoms with van der Waals surface area (Å²) in [5.41, 5.74) is 4.54. The van der Waals surface area contributed by atoms with Crippen LogP contribution in [0.25, 0.3) is 0 Å². The second-order valence-corrected chi connectivity index (χ2v) is 7.44. The van der Waals surface area contributed by atoms with E-state index in [9.17, 15) is 4.79 Å². The Morgan fingerprint density at radius 1 is 1.11 bits per heavy atom. The summed E-state index contributed by atoms with van der Waals surface area (Å²) >= 11 is 0. The van der Waals surface area contributed by atoms with Gasteiger partial charge in [-0.3, -0.25) is 9.69 Å². The molecular weight excluding hydrogens is 340 g/mol. The van der Waals surface area contributed by atoms with Gasteiger partial charge in [-0.1, -0.05) is 6.07 Å². The second kappa shape index (κ2) is 8.13. The van der Waals surface area contributed by atoms with E-state index in [0.29, 0.717) is 0 Å². The zero-order valence-electron chi connectivity index (χ0n) is 16.0. The van der Waals surface area contributed by atoms with E-state index >= 15 is 0 Å². The third kappa shape index (κ3) is 4.00. The number of methoxy groups -OCH3 is 1. The maximum atomic E-state index is 12.0. The molecule has 1 N–H and O–H groups in total. The Morgan fingerprint density at radius 3 is 2.67 bits per heavy atom. The summed E-state index contributed by atoms with van der Waals surface area (Å²) in [6, 6.07) is 8.28. The number of nitrogens with zero attached hydrogens (tertiary/aromatic N) is 3. The van der Waals surface area contributed by atoms with Crippen molar-refractivity contribution in [2.45, 2.75) is 32.1 Å². The molecule has 0 unspecified atom stereocenters. The Labute approximate surface area is 160 Å². The lowest BCUT2D eigenvalue weighted by Crippen LogP contribution is -2.47. The topological polar surface area (TPSA) is 61.5 Å². The van der Waals surface area contributed by atoms with Crippen LogP contribution in [0.2, 0.25) is 0 Å². The average Bonchev–Trinajstić information content (AvgIpc) is 2.74. The van der Waals surface area contributed by atoms with Gasteiger partial charge in [0.1, 0.15) is 5.75 Å². The third-order valence-electron chi connectivity index (χ3n) is 5.84. The number of benzene rings is 1. The number of nitrogens with one attached hydrogen (secondary N) is 1. The molecule has 6 heteroatoms. The highest BCUT2D eigenvalue weighted by Crippen LogP contribution is 2.23. The molecule has 0 amide bonds. The molecule has 0 bridgehead atoms. The van der Waals surface area contributed by atoms with Gasteiger partial charge in [-0.25, -0.2) is 5.10 Å². The van der Waals surface area contributed by atoms with Gasteiger partial charge in [0.15, 0.2) is 0 Å². The van der Waals surface area contributed by atoms with Gasteiger partial charge in [-0.05, 0) is 43.4 Å². The first-order valence-corrected chi connectivity index (χ1v) is 9.95. The minimum absolute atomic E-state index is 0.0142. The maximum absolute atomic E-state index is 12.0. The largest absolute Gasteiger partial charge is 0.497 e. The zero-order valence-corrected chi connectivity index (χ0v) is 16.0. The molecule has 1 saturated heterocycles. The van der Waals surface area contributed by atoms with Gasteiger partial charge < -0.3 is 9.64 Å². The lowest BCUT2D eigenvalue weighted by atomic mass is 9.91. The van der Waals surface area contributed by atoms with E-state index in [1.165, 1.54) is 17.7 Å². The van der Waals surface area contributed by atoms with Crippen LogP contribution < -0.4 is 15.2 Å². The van der Waals surface area contributed by atoms with Crippen molar-refractivity contribution in [1.29, 1.82) is 0 Å². The Hall–Kier alpha value is -2.34. The van der Waals surface area contributed by atoms with E-state index in [-0.39, 0.29) is 5.56 Å². The third-order valence-corrected chi connectivity index (χ3v) is 5.84. The highest BCUT2D eigenvalue weighted by Gasteiger charge is 2.20. The molecule has 1 aromatic heterocycles. The smallest absolute Gasteiger partial charge is 0.267 e. The van der Waals surface area contributed by atoms with Crippen LogP contribution in [0, 0.1) is 0 Å². The molecule has 0 radical (unpaired) electrons. The predicted molar refractivity (Wildman–Crippen MR) is 107 cm³/mol. The molecule has 0 saturated carbocycles. The van der Waals surface area contributed by atoms with Crippen molar-refractivity contribution in [2.24, 2.45) is 0 Å². The van der Waals surface area contributed by atoms with Crippen molar-refractivity contribution in [1.82, 2.24) is 15.1 Å². The maximum Gasteiger partial charge on any atom is 0.267 e. The van der Waals surface area contributed by atoms with Crippen LogP contribution in [-0.4, -0.2) is 54.9 Å². The number of H-pyrrole nitrogens is 1. The highest BCUT2D eigenvalue weighted by atomic mass is 16.5. The fourth-order valence-electron chi connectivity index (χ4n) is 4.24. The molecule has 6 nitrogen and oxygen atoms in total. The number of hydrogen-bond donors (Lipinski definition) is 1. The summed E-state index contributed by atoms with van der Waals surface area (Å²) in [5, 5.41) is 7.08. The fourth-order valence-corrected chi connectivity index (χ4v) is 4.24. The standard InChI is InChI=1S/C21H28N4O2/c1-27-17-6-4-5-16(15-17)25-13-11-24(12-14-25)10-9-20-18-7-2-3-8-19(18)21(26)23-22-20/h4-6,15H,2-3,7-14H2,1H3,(H,23,26). The molecule has 1 aromatic carbocycles. The SMILES string of the molecule is COc1cccc(N2CCN(CCc3n[nH]c(=O)c4c3CCCC4)CC2)c1. The van der Waals surface area contributed by atoms with Crippen LogP contribution in [0.5, 0.6) is 5.75 Å². The number of anilines is 1. The molecule has 27 heavy (non-hydrogen) atoms. The van der Waals surface area contributed by atoms with E-state index in [4.69, 9.17) is 4.74 Å². The number of fused-ring (bicyclic) bond motifs is 1. The van der Waals surface area contributed by atoms with Crippen molar-refractivity contribution < 1.29 is 4.74 Å². The molecule has 1 aliphatic carbocycles. The summed E-state index contributed by atoms with van der Waals surface area (Å²) in [5.74, 6) is 0.906. The number of hydrogen-bond acceptors (Lipinski definition) is 5. The van der Waals surface area contributed by atoms with Gasteiger partial charge in [0.25, 0.3) is 5.56 Å². The normalized spacial score (nSPS) is 17.6. The number of ether oxygens (including phenoxy) is 1. The molecule has 0 spiro atoms. The van der Waals surface area contributed by atoms with Gasteiger partial charge >= 0.3 is 0 Å². The number of aromatic nitrogens is 2. The number of aromatic amines is 1. The molecule has 2 aromatic rings. The highest BCUT2D eigenvalue weighted by molar-refractivity contribution is 5.51. The first-order valence-electron chi connectivity index (χ1n) is 9.95. The number of piperazine rings is 1. The summed E-state index contributed by atoms with van der Waals surface area (Å²) in [7, 11) is 1.71. The van der Waals surface area contributed by atoms with Gasteiger partial charge in [-0.2, -0.15) is 5.10 Å².